The molecule has 0 unspecified atom stereocenters. The molecule has 1 atom stereocenters. The van der Waals surface area contributed by atoms with Crippen molar-refractivity contribution in [2.45, 2.75) is 277 Å². The van der Waals surface area contributed by atoms with Crippen molar-refractivity contribution in [3.8, 4) is 0 Å². The molecule has 380 valence electrons. The monoisotopic (exact) mass is 921 g/mol. The van der Waals surface area contributed by atoms with Crippen LogP contribution in [0.3, 0.4) is 0 Å². The van der Waals surface area contributed by atoms with Gasteiger partial charge in [0.05, 0.1) is 0 Å². The second kappa shape index (κ2) is 54.5. The Balaban J connectivity index is 4.42. The average molecular weight is 921 g/mol. The maximum absolute atomic E-state index is 12.8. The molecule has 0 aliphatic rings. The van der Waals surface area contributed by atoms with Crippen LogP contribution in [-0.4, -0.2) is 37.2 Å². The molecule has 0 N–H and O–H groups in total. The average Bonchev–Trinajstić information content (AvgIpc) is 3.31. The van der Waals surface area contributed by atoms with E-state index in [0.717, 1.165) is 96.3 Å². The molecule has 0 fully saturated rings. The van der Waals surface area contributed by atoms with Crippen LogP contribution in [0.15, 0.2) is 72.9 Å². The van der Waals surface area contributed by atoms with Crippen molar-refractivity contribution >= 4 is 17.9 Å². The van der Waals surface area contributed by atoms with E-state index < -0.39 is 6.10 Å². The van der Waals surface area contributed by atoms with Crippen molar-refractivity contribution in [1.82, 2.24) is 0 Å². The van der Waals surface area contributed by atoms with Gasteiger partial charge in [-0.3, -0.25) is 14.4 Å². The van der Waals surface area contributed by atoms with Gasteiger partial charge >= 0.3 is 17.9 Å². The highest BCUT2D eigenvalue weighted by Crippen LogP contribution is 2.15. The first-order chi connectivity index (χ1) is 32.5. The number of ether oxygens (including phenoxy) is 3. The lowest BCUT2D eigenvalue weighted by molar-refractivity contribution is -0.167. The molecule has 6 heteroatoms. The third-order valence-corrected chi connectivity index (χ3v) is 11.9. The zero-order valence-corrected chi connectivity index (χ0v) is 43.4. The van der Waals surface area contributed by atoms with Crippen molar-refractivity contribution in [2.75, 3.05) is 13.2 Å². The second-order valence-corrected chi connectivity index (χ2v) is 18.5. The number of esters is 3. The molecule has 0 amide bonds. The number of allylic oxidation sites excluding steroid dienone is 12. The number of rotatable bonds is 50. The Bertz CT molecular complexity index is 1240. The molecule has 6 nitrogen and oxygen atoms in total. The molecule has 0 saturated heterocycles. The summed E-state index contributed by atoms with van der Waals surface area (Å²) in [6.07, 6.45) is 68.9. The zero-order valence-electron chi connectivity index (χ0n) is 43.4. The van der Waals surface area contributed by atoms with Crippen molar-refractivity contribution < 1.29 is 28.6 Å². The Labute approximate surface area is 408 Å². The van der Waals surface area contributed by atoms with Gasteiger partial charge in [0.15, 0.2) is 6.10 Å². The predicted octanol–water partition coefficient (Wildman–Crippen LogP) is 18.6. The van der Waals surface area contributed by atoms with Crippen LogP contribution < -0.4 is 0 Å². The van der Waals surface area contributed by atoms with Gasteiger partial charge in [-0.25, -0.2) is 0 Å². The largest absolute Gasteiger partial charge is 0.462 e. The lowest BCUT2D eigenvalue weighted by Gasteiger charge is -2.18. The lowest BCUT2D eigenvalue weighted by Crippen LogP contribution is -2.30. The van der Waals surface area contributed by atoms with Crippen LogP contribution in [0, 0.1) is 0 Å². The van der Waals surface area contributed by atoms with E-state index in [1.807, 2.05) is 0 Å². The highest BCUT2D eigenvalue weighted by Gasteiger charge is 2.19. The smallest absolute Gasteiger partial charge is 0.306 e. The van der Waals surface area contributed by atoms with Crippen molar-refractivity contribution in [1.29, 1.82) is 0 Å². The van der Waals surface area contributed by atoms with Gasteiger partial charge in [-0.15, -0.1) is 0 Å². The first-order valence-corrected chi connectivity index (χ1v) is 27.9. The Kier molecular flexibility index (Phi) is 51.9. The molecule has 0 spiro atoms. The van der Waals surface area contributed by atoms with Crippen molar-refractivity contribution in [3.63, 3.8) is 0 Å². The molecule has 0 radical (unpaired) electrons. The van der Waals surface area contributed by atoms with Crippen LogP contribution in [0.25, 0.3) is 0 Å². The first kappa shape index (κ1) is 62.8. The van der Waals surface area contributed by atoms with Gasteiger partial charge in [0.2, 0.25) is 0 Å². The minimum absolute atomic E-state index is 0.0857. The van der Waals surface area contributed by atoms with Gasteiger partial charge in [-0.05, 0) is 89.9 Å². The summed E-state index contributed by atoms with van der Waals surface area (Å²) in [7, 11) is 0. The normalized spacial score (nSPS) is 12.6. The topological polar surface area (TPSA) is 78.9 Å². The molecule has 0 aliphatic heterocycles. The summed E-state index contributed by atoms with van der Waals surface area (Å²) in [6.45, 7) is 6.50. The van der Waals surface area contributed by atoms with Crippen LogP contribution in [0.2, 0.25) is 0 Å². The molecular weight excluding hydrogens is 817 g/mol. The zero-order chi connectivity index (χ0) is 47.9. The maximum atomic E-state index is 12.8. The van der Waals surface area contributed by atoms with Crippen LogP contribution >= 0.6 is 0 Å². The quantitative estimate of drug-likeness (QED) is 0.0262. The molecule has 0 aromatic heterocycles. The molecule has 0 heterocycles. The highest BCUT2D eigenvalue weighted by atomic mass is 16.6. The first-order valence-electron chi connectivity index (χ1n) is 27.9. The molecule has 0 aromatic rings. The summed E-state index contributed by atoms with van der Waals surface area (Å²) in [5, 5.41) is 0. The molecule has 66 heavy (non-hydrogen) atoms. The fourth-order valence-electron chi connectivity index (χ4n) is 7.76. The van der Waals surface area contributed by atoms with Gasteiger partial charge in [0.1, 0.15) is 13.2 Å². The fraction of sp³-hybridized carbons (Fsp3) is 0.750. The summed E-state index contributed by atoms with van der Waals surface area (Å²) in [5.41, 5.74) is 0. The third kappa shape index (κ3) is 51.8. The third-order valence-electron chi connectivity index (χ3n) is 11.9. The molecule has 0 rings (SSSR count). The Morgan fingerprint density at radius 2 is 0.591 bits per heavy atom. The van der Waals surface area contributed by atoms with Gasteiger partial charge in [-0.2, -0.15) is 0 Å². The van der Waals surface area contributed by atoms with Crippen molar-refractivity contribution in [3.05, 3.63) is 72.9 Å². The van der Waals surface area contributed by atoms with Crippen LogP contribution in [-0.2, 0) is 28.6 Å². The fourth-order valence-corrected chi connectivity index (χ4v) is 7.76. The van der Waals surface area contributed by atoms with Crippen LogP contribution in [0.1, 0.15) is 271 Å². The standard InChI is InChI=1S/C60H104O6/c1-4-7-10-13-16-19-22-25-27-29-30-32-33-35-38-41-44-47-50-53-59(62)65-56-57(55-64-58(61)52-49-46-43-40-37-24-21-18-15-12-9-6-3)66-60(63)54-51-48-45-42-39-36-34-31-28-26-23-20-17-14-11-8-5-2/h7,10,16,19,25-28,30,32,35,38,57H,4-6,8-9,11-15,17-18,20-24,29,31,33-34,36-37,39-56H2,1-3H3/b10-7-,19-16-,27-25-,28-26-,32-30-,38-35-/t57-/m1/s1. The summed E-state index contributed by atoms with van der Waals surface area (Å²) >= 11 is 0. The van der Waals surface area contributed by atoms with E-state index >= 15 is 0 Å². The van der Waals surface area contributed by atoms with Gasteiger partial charge in [-0.1, -0.05) is 235 Å². The van der Waals surface area contributed by atoms with Crippen LogP contribution in [0.5, 0.6) is 0 Å². The van der Waals surface area contributed by atoms with E-state index in [9.17, 15) is 14.4 Å². The van der Waals surface area contributed by atoms with E-state index in [1.54, 1.807) is 0 Å². The number of hydrogen-bond donors (Lipinski definition) is 0. The maximum Gasteiger partial charge on any atom is 0.306 e. The second-order valence-electron chi connectivity index (χ2n) is 18.5. The number of hydrogen-bond acceptors (Lipinski definition) is 6. The summed E-state index contributed by atoms with van der Waals surface area (Å²) in [6, 6.07) is 0. The number of unbranched alkanes of at least 4 members (excludes halogenated alkanes) is 27. The Morgan fingerprint density at radius 1 is 0.318 bits per heavy atom. The van der Waals surface area contributed by atoms with Crippen LogP contribution in [0.4, 0.5) is 0 Å². The SMILES string of the molecule is CC/C=C\C/C=C\C/C=C\C/C=C\C/C=C\CCCCCC(=O)OC[C@@H](COC(=O)CCCCCCCCCCCCCC)OC(=O)CCCCCCCCC/C=C\CCCCCCCC. The van der Waals surface area contributed by atoms with E-state index in [-0.39, 0.29) is 31.1 Å². The Morgan fingerprint density at radius 3 is 0.955 bits per heavy atom. The predicted molar refractivity (Wildman–Crippen MR) is 284 cm³/mol. The number of carbonyl (C=O) groups excluding carboxylic acids is 3. The minimum Gasteiger partial charge on any atom is -0.462 e. The van der Waals surface area contributed by atoms with E-state index in [0.29, 0.717) is 19.3 Å². The van der Waals surface area contributed by atoms with Gasteiger partial charge in [0.25, 0.3) is 0 Å². The molecule has 0 bridgehead atoms. The molecule has 0 saturated carbocycles. The van der Waals surface area contributed by atoms with Crippen molar-refractivity contribution in [2.24, 2.45) is 0 Å². The number of carbonyl (C=O) groups is 3. The molecule has 0 aromatic carbocycles. The lowest BCUT2D eigenvalue weighted by atomic mass is 10.0. The van der Waals surface area contributed by atoms with E-state index in [1.165, 1.54) is 135 Å². The van der Waals surface area contributed by atoms with E-state index in [4.69, 9.17) is 14.2 Å². The van der Waals surface area contributed by atoms with E-state index in [2.05, 4.69) is 93.7 Å². The summed E-state index contributed by atoms with van der Waals surface area (Å²) in [5.74, 6) is -0.917. The molecular formula is C60H104O6. The summed E-state index contributed by atoms with van der Waals surface area (Å²) < 4.78 is 16.8. The minimum atomic E-state index is -0.789. The highest BCUT2D eigenvalue weighted by molar-refractivity contribution is 5.71. The Hall–Kier alpha value is -3.15. The van der Waals surface area contributed by atoms with Gasteiger partial charge < -0.3 is 14.2 Å². The molecule has 0 aliphatic carbocycles. The summed E-state index contributed by atoms with van der Waals surface area (Å²) in [4.78, 5) is 38.1. The van der Waals surface area contributed by atoms with Gasteiger partial charge in [0, 0.05) is 19.3 Å².